The predicted octanol–water partition coefficient (Wildman–Crippen LogP) is 7.18. The van der Waals surface area contributed by atoms with Crippen molar-refractivity contribution in [3.05, 3.63) is 106 Å². The van der Waals surface area contributed by atoms with Gasteiger partial charge in [0.1, 0.15) is 5.82 Å². The largest absolute Gasteiger partial charge is 0.248 e. The Balaban J connectivity index is 1.91. The van der Waals surface area contributed by atoms with Crippen LogP contribution in [-0.2, 0) is 0 Å². The van der Waals surface area contributed by atoms with Gasteiger partial charge < -0.3 is 0 Å². The number of hydrogen-bond donors (Lipinski definition) is 0. The van der Waals surface area contributed by atoms with Crippen molar-refractivity contribution in [1.29, 1.82) is 0 Å². The first kappa shape index (κ1) is 19.1. The average Bonchev–Trinajstić information content (AvgIpc) is 2.66. The second kappa shape index (κ2) is 8.83. The Morgan fingerprint density at radius 2 is 1.56 bits per heavy atom. The Bertz CT molecular complexity index is 970. The van der Waals surface area contributed by atoms with E-state index in [0.717, 1.165) is 21.9 Å². The molecule has 0 N–H and O–H groups in total. The predicted molar refractivity (Wildman–Crippen MR) is 115 cm³/mol. The van der Waals surface area contributed by atoms with E-state index in [1.807, 2.05) is 23.6 Å². The van der Waals surface area contributed by atoms with E-state index >= 15 is 0 Å². The second-order valence-electron chi connectivity index (χ2n) is 6.51. The molecule has 0 aliphatic rings. The maximum atomic E-state index is 13.1. The van der Waals surface area contributed by atoms with Crippen LogP contribution >= 0.6 is 11.8 Å². The van der Waals surface area contributed by atoms with E-state index in [2.05, 4.69) is 51.1 Å². The van der Waals surface area contributed by atoms with E-state index < -0.39 is 0 Å². The lowest BCUT2D eigenvalue weighted by Gasteiger charge is -2.07. The van der Waals surface area contributed by atoms with Gasteiger partial charge in [0.15, 0.2) is 0 Å². The summed E-state index contributed by atoms with van der Waals surface area (Å²) in [6.07, 6.45) is 2.01. The number of benzene rings is 3. The van der Waals surface area contributed by atoms with E-state index in [0.29, 0.717) is 0 Å². The molecule has 27 heavy (non-hydrogen) atoms. The lowest BCUT2D eigenvalue weighted by atomic mass is 10.0. The first-order valence-corrected chi connectivity index (χ1v) is 9.71. The molecule has 1 nitrogen and oxygen atoms in total. The molecule has 0 amide bonds. The summed E-state index contributed by atoms with van der Waals surface area (Å²) in [5.41, 5.74) is 6.61. The zero-order valence-electron chi connectivity index (χ0n) is 15.7. The number of nitrogens with zero attached hydrogens (tertiary/aromatic N) is 1. The van der Waals surface area contributed by atoms with Crippen LogP contribution in [0.4, 0.5) is 10.1 Å². The first-order valence-electron chi connectivity index (χ1n) is 8.83. The van der Waals surface area contributed by atoms with Gasteiger partial charge in [-0.1, -0.05) is 41.6 Å². The highest BCUT2D eigenvalue weighted by molar-refractivity contribution is 8.02. The molecule has 0 unspecified atom stereocenters. The molecule has 3 aromatic rings. The van der Waals surface area contributed by atoms with Gasteiger partial charge in [0, 0.05) is 10.5 Å². The number of allylic oxidation sites excluding steroid dienone is 1. The second-order valence-corrected chi connectivity index (χ2v) is 7.49. The van der Waals surface area contributed by atoms with Gasteiger partial charge in [-0.25, -0.2) is 9.38 Å². The third kappa shape index (κ3) is 5.41. The topological polar surface area (TPSA) is 12.4 Å². The number of aryl methyl sites for hydroxylation is 3. The molecule has 0 aliphatic heterocycles. The van der Waals surface area contributed by atoms with Gasteiger partial charge >= 0.3 is 0 Å². The molecule has 0 bridgehead atoms. The van der Waals surface area contributed by atoms with Crippen molar-refractivity contribution in [3.63, 3.8) is 0 Å². The monoisotopic (exact) mass is 375 g/mol. The average molecular weight is 376 g/mol. The van der Waals surface area contributed by atoms with Crippen LogP contribution in [0.5, 0.6) is 0 Å². The zero-order chi connectivity index (χ0) is 19.2. The Hall–Kier alpha value is -2.65. The van der Waals surface area contributed by atoms with Crippen LogP contribution in [0.15, 0.2) is 88.1 Å². The molecular formula is C24H22FNS. The van der Waals surface area contributed by atoms with Crippen molar-refractivity contribution in [1.82, 2.24) is 0 Å². The first-order chi connectivity index (χ1) is 13.0. The van der Waals surface area contributed by atoms with Crippen LogP contribution in [0.2, 0.25) is 0 Å². The highest BCUT2D eigenvalue weighted by Crippen LogP contribution is 2.22. The number of rotatable bonds is 5. The van der Waals surface area contributed by atoms with Gasteiger partial charge in [-0.2, -0.15) is 0 Å². The van der Waals surface area contributed by atoms with E-state index in [4.69, 9.17) is 4.99 Å². The van der Waals surface area contributed by atoms with Gasteiger partial charge in [-0.05, 0) is 85.8 Å². The third-order valence-electron chi connectivity index (χ3n) is 4.33. The van der Waals surface area contributed by atoms with Gasteiger partial charge in [0.05, 0.1) is 11.4 Å². The number of hydrogen-bond acceptors (Lipinski definition) is 2. The van der Waals surface area contributed by atoms with E-state index in [1.165, 1.54) is 28.8 Å². The zero-order valence-corrected chi connectivity index (χ0v) is 16.6. The van der Waals surface area contributed by atoms with Crippen LogP contribution in [0, 0.1) is 26.6 Å². The maximum absolute atomic E-state index is 13.1. The van der Waals surface area contributed by atoms with Gasteiger partial charge in [-0.15, -0.1) is 0 Å². The van der Waals surface area contributed by atoms with Crippen molar-refractivity contribution < 1.29 is 4.39 Å². The Morgan fingerprint density at radius 1 is 0.852 bits per heavy atom. The lowest BCUT2D eigenvalue weighted by molar-refractivity contribution is 0.626. The lowest BCUT2D eigenvalue weighted by Crippen LogP contribution is -1.98. The van der Waals surface area contributed by atoms with Crippen molar-refractivity contribution >= 4 is 23.2 Å². The standard InChI is InChI=1S/C24H22FNS/c1-17-4-10-22(11-5-17)26-24(20-7-6-18(2)19(3)16-20)14-15-27-23-12-8-21(25)9-13-23/h4-16H,1-3H3/b15-14+,26-24-. The molecule has 0 atom stereocenters. The fourth-order valence-electron chi connectivity index (χ4n) is 2.55. The minimum absolute atomic E-state index is 0.222. The fraction of sp³-hybridized carbons (Fsp3) is 0.125. The molecule has 0 saturated carbocycles. The van der Waals surface area contributed by atoms with E-state index in [1.54, 1.807) is 23.9 Å². The Kier molecular flexibility index (Phi) is 6.25. The normalized spacial score (nSPS) is 11.9. The van der Waals surface area contributed by atoms with Crippen LogP contribution in [0.1, 0.15) is 22.3 Å². The molecule has 0 fully saturated rings. The van der Waals surface area contributed by atoms with E-state index in [9.17, 15) is 4.39 Å². The summed E-state index contributed by atoms with van der Waals surface area (Å²) in [7, 11) is 0. The summed E-state index contributed by atoms with van der Waals surface area (Å²) in [6.45, 7) is 6.28. The molecule has 3 aromatic carbocycles. The van der Waals surface area contributed by atoms with Crippen LogP contribution < -0.4 is 0 Å². The van der Waals surface area contributed by atoms with E-state index in [-0.39, 0.29) is 5.82 Å². The summed E-state index contributed by atoms with van der Waals surface area (Å²) >= 11 is 1.54. The third-order valence-corrected chi connectivity index (χ3v) is 5.15. The molecule has 0 saturated heterocycles. The van der Waals surface area contributed by atoms with Crippen molar-refractivity contribution in [3.8, 4) is 0 Å². The summed E-state index contributed by atoms with van der Waals surface area (Å²) in [5, 5.41) is 2.00. The number of halogens is 1. The molecule has 0 heterocycles. The highest BCUT2D eigenvalue weighted by Gasteiger charge is 2.03. The number of aliphatic imine (C=N–C) groups is 1. The molecule has 0 aromatic heterocycles. The highest BCUT2D eigenvalue weighted by atomic mass is 32.2. The summed E-state index contributed by atoms with van der Waals surface area (Å²) < 4.78 is 13.1. The molecular weight excluding hydrogens is 353 g/mol. The molecule has 0 radical (unpaired) electrons. The molecule has 3 rings (SSSR count). The van der Waals surface area contributed by atoms with Gasteiger partial charge in [0.25, 0.3) is 0 Å². The fourth-order valence-corrected chi connectivity index (χ4v) is 3.19. The van der Waals surface area contributed by atoms with Gasteiger partial charge in [0.2, 0.25) is 0 Å². The van der Waals surface area contributed by atoms with Crippen molar-refractivity contribution in [2.45, 2.75) is 25.7 Å². The summed E-state index contributed by atoms with van der Waals surface area (Å²) in [4.78, 5) is 5.83. The summed E-state index contributed by atoms with van der Waals surface area (Å²) in [5.74, 6) is -0.222. The summed E-state index contributed by atoms with van der Waals surface area (Å²) in [6, 6.07) is 21.1. The minimum atomic E-state index is -0.222. The Morgan fingerprint density at radius 3 is 2.22 bits per heavy atom. The maximum Gasteiger partial charge on any atom is 0.123 e. The molecule has 136 valence electrons. The number of thioether (sulfide) groups is 1. The SMILES string of the molecule is Cc1ccc(/N=C(/C=C/Sc2ccc(F)cc2)c2ccc(C)c(C)c2)cc1. The quantitative estimate of drug-likeness (QED) is 0.340. The molecule has 0 aliphatic carbocycles. The minimum Gasteiger partial charge on any atom is -0.248 e. The van der Waals surface area contributed by atoms with Crippen LogP contribution in [0.25, 0.3) is 0 Å². The molecule has 3 heteroatoms. The molecule has 0 spiro atoms. The van der Waals surface area contributed by atoms with Crippen molar-refractivity contribution in [2.24, 2.45) is 4.99 Å². The van der Waals surface area contributed by atoms with Crippen LogP contribution in [0.3, 0.4) is 0 Å². The van der Waals surface area contributed by atoms with Crippen LogP contribution in [-0.4, -0.2) is 5.71 Å². The van der Waals surface area contributed by atoms with Crippen molar-refractivity contribution in [2.75, 3.05) is 0 Å². The van der Waals surface area contributed by atoms with Gasteiger partial charge in [-0.3, -0.25) is 0 Å². The Labute approximate surface area is 164 Å². The smallest absolute Gasteiger partial charge is 0.123 e.